The maximum Gasteiger partial charge on any atom is 0.268 e. The molecular weight excluding hydrogens is 208 g/mol. The molecule has 2 rings (SSSR count). The van der Waals surface area contributed by atoms with E-state index in [1.165, 1.54) is 5.56 Å². The number of thiophene rings is 1. The Morgan fingerprint density at radius 2 is 2.46 bits per heavy atom. The Bertz CT molecular complexity index is 410. The summed E-state index contributed by atoms with van der Waals surface area (Å²) in [6.07, 6.45) is 0. The first-order valence-electron chi connectivity index (χ1n) is 3.73. The molecule has 0 N–H and O–H groups in total. The number of rotatable bonds is 2. The predicted molar refractivity (Wildman–Crippen MR) is 51.9 cm³/mol. The lowest BCUT2D eigenvalue weighted by molar-refractivity contribution is 0.426. The number of aryl methyl sites for hydroxylation is 1. The summed E-state index contributed by atoms with van der Waals surface area (Å²) in [6.45, 7) is 2.03. The average Bonchev–Trinajstić information content (AvgIpc) is 2.71. The highest BCUT2D eigenvalue weighted by atomic mass is 35.5. The summed E-state index contributed by atoms with van der Waals surface area (Å²) >= 11 is 7.14. The van der Waals surface area contributed by atoms with Crippen LogP contribution in [0.25, 0.3) is 10.8 Å². The normalized spacial score (nSPS) is 10.6. The molecule has 0 unspecified atom stereocenters. The zero-order valence-electron chi connectivity index (χ0n) is 6.95. The SMILES string of the molecule is Cc1csc(-c2nc(CCl)no2)c1. The Morgan fingerprint density at radius 3 is 3.00 bits per heavy atom. The van der Waals surface area contributed by atoms with Crippen molar-refractivity contribution >= 4 is 22.9 Å². The molecule has 0 saturated carbocycles. The molecule has 0 bridgehead atoms. The molecule has 0 spiro atoms. The molecule has 0 atom stereocenters. The summed E-state index contributed by atoms with van der Waals surface area (Å²) in [5, 5.41) is 5.75. The highest BCUT2D eigenvalue weighted by Crippen LogP contribution is 2.25. The standard InChI is InChI=1S/C8H7ClN2OS/c1-5-2-6(13-4-5)8-10-7(3-9)11-12-8/h2,4H,3H2,1H3. The van der Waals surface area contributed by atoms with Gasteiger partial charge in [-0.05, 0) is 23.9 Å². The maximum absolute atomic E-state index is 5.55. The van der Waals surface area contributed by atoms with Gasteiger partial charge in [-0.2, -0.15) is 4.98 Å². The van der Waals surface area contributed by atoms with Gasteiger partial charge < -0.3 is 4.52 Å². The van der Waals surface area contributed by atoms with Gasteiger partial charge in [0.25, 0.3) is 5.89 Å². The molecular formula is C8H7ClN2OS. The van der Waals surface area contributed by atoms with Gasteiger partial charge in [0.05, 0.1) is 10.8 Å². The molecule has 2 aromatic rings. The highest BCUT2D eigenvalue weighted by molar-refractivity contribution is 7.13. The monoisotopic (exact) mass is 214 g/mol. The van der Waals surface area contributed by atoms with Crippen molar-refractivity contribution < 1.29 is 4.52 Å². The van der Waals surface area contributed by atoms with Crippen molar-refractivity contribution in [3.8, 4) is 10.8 Å². The lowest BCUT2D eigenvalue weighted by atomic mass is 10.3. The van der Waals surface area contributed by atoms with Crippen LogP contribution < -0.4 is 0 Å². The van der Waals surface area contributed by atoms with E-state index in [4.69, 9.17) is 16.1 Å². The molecule has 0 fully saturated rings. The summed E-state index contributed by atoms with van der Waals surface area (Å²) in [4.78, 5) is 5.10. The van der Waals surface area contributed by atoms with Crippen LogP contribution >= 0.6 is 22.9 Å². The van der Waals surface area contributed by atoms with Crippen molar-refractivity contribution in [1.29, 1.82) is 0 Å². The van der Waals surface area contributed by atoms with Crippen molar-refractivity contribution in [2.75, 3.05) is 0 Å². The molecule has 13 heavy (non-hydrogen) atoms. The summed E-state index contributed by atoms with van der Waals surface area (Å²) < 4.78 is 5.02. The van der Waals surface area contributed by atoms with Gasteiger partial charge in [0.15, 0.2) is 5.82 Å². The van der Waals surface area contributed by atoms with E-state index < -0.39 is 0 Å². The lowest BCUT2D eigenvalue weighted by Crippen LogP contribution is -1.78. The Morgan fingerprint density at radius 1 is 1.62 bits per heavy atom. The molecule has 0 aliphatic rings. The van der Waals surface area contributed by atoms with Crippen molar-refractivity contribution in [2.45, 2.75) is 12.8 Å². The molecule has 0 saturated heterocycles. The predicted octanol–water partition coefficient (Wildman–Crippen LogP) is 2.85. The van der Waals surface area contributed by atoms with E-state index >= 15 is 0 Å². The second kappa shape index (κ2) is 3.47. The van der Waals surface area contributed by atoms with Gasteiger partial charge in [0.2, 0.25) is 0 Å². The van der Waals surface area contributed by atoms with Gasteiger partial charge in [-0.1, -0.05) is 5.16 Å². The van der Waals surface area contributed by atoms with E-state index in [-0.39, 0.29) is 5.88 Å². The van der Waals surface area contributed by atoms with Crippen LogP contribution in [0.15, 0.2) is 16.0 Å². The quantitative estimate of drug-likeness (QED) is 0.722. The highest BCUT2D eigenvalue weighted by Gasteiger charge is 2.09. The second-order valence-corrected chi connectivity index (χ2v) is 3.82. The Labute approximate surface area is 84.3 Å². The fraction of sp³-hybridized carbons (Fsp3) is 0.250. The largest absolute Gasteiger partial charge is 0.333 e. The van der Waals surface area contributed by atoms with E-state index in [0.717, 1.165) is 4.88 Å². The number of alkyl halides is 1. The van der Waals surface area contributed by atoms with Gasteiger partial charge in [-0.15, -0.1) is 22.9 Å². The van der Waals surface area contributed by atoms with E-state index in [0.29, 0.717) is 11.7 Å². The lowest BCUT2D eigenvalue weighted by Gasteiger charge is -1.82. The second-order valence-electron chi connectivity index (χ2n) is 2.64. The van der Waals surface area contributed by atoms with Gasteiger partial charge in [0.1, 0.15) is 0 Å². The van der Waals surface area contributed by atoms with Crippen LogP contribution in [-0.4, -0.2) is 10.1 Å². The van der Waals surface area contributed by atoms with E-state index in [9.17, 15) is 0 Å². The van der Waals surface area contributed by atoms with Gasteiger partial charge in [-0.3, -0.25) is 0 Å². The van der Waals surface area contributed by atoms with Crippen LogP contribution in [0.4, 0.5) is 0 Å². The van der Waals surface area contributed by atoms with Crippen LogP contribution in [-0.2, 0) is 5.88 Å². The third kappa shape index (κ3) is 1.73. The van der Waals surface area contributed by atoms with Crippen molar-refractivity contribution in [1.82, 2.24) is 10.1 Å². The van der Waals surface area contributed by atoms with E-state index in [1.807, 2.05) is 18.4 Å². The minimum Gasteiger partial charge on any atom is -0.333 e. The Balaban J connectivity index is 2.35. The third-order valence-corrected chi connectivity index (χ3v) is 2.80. The smallest absolute Gasteiger partial charge is 0.268 e. The van der Waals surface area contributed by atoms with Gasteiger partial charge >= 0.3 is 0 Å². The number of hydrogen-bond donors (Lipinski definition) is 0. The molecule has 0 aliphatic carbocycles. The minimum absolute atomic E-state index is 0.286. The first kappa shape index (κ1) is 8.72. The summed E-state index contributed by atoms with van der Waals surface area (Å²) in [5.74, 6) is 1.37. The summed E-state index contributed by atoms with van der Waals surface area (Å²) in [7, 11) is 0. The van der Waals surface area contributed by atoms with Gasteiger partial charge in [-0.25, -0.2) is 0 Å². The number of aromatic nitrogens is 2. The first-order valence-corrected chi connectivity index (χ1v) is 5.15. The average molecular weight is 215 g/mol. The number of halogens is 1. The summed E-state index contributed by atoms with van der Waals surface area (Å²) in [6, 6.07) is 2.01. The molecule has 0 amide bonds. The van der Waals surface area contributed by atoms with Crippen LogP contribution in [0.1, 0.15) is 11.4 Å². The van der Waals surface area contributed by atoms with Gasteiger partial charge in [0, 0.05) is 0 Å². The molecule has 0 aliphatic heterocycles. The maximum atomic E-state index is 5.55. The zero-order valence-corrected chi connectivity index (χ0v) is 8.52. The van der Waals surface area contributed by atoms with Crippen molar-refractivity contribution in [3.63, 3.8) is 0 Å². The zero-order chi connectivity index (χ0) is 9.26. The van der Waals surface area contributed by atoms with Crippen LogP contribution in [0.5, 0.6) is 0 Å². The van der Waals surface area contributed by atoms with Crippen molar-refractivity contribution in [2.24, 2.45) is 0 Å². The fourth-order valence-electron chi connectivity index (χ4n) is 0.952. The first-order chi connectivity index (χ1) is 6.29. The van der Waals surface area contributed by atoms with E-state index in [1.54, 1.807) is 11.3 Å². The van der Waals surface area contributed by atoms with Crippen LogP contribution in [0.3, 0.4) is 0 Å². The molecule has 5 heteroatoms. The molecule has 3 nitrogen and oxygen atoms in total. The number of nitrogens with zero attached hydrogens (tertiary/aromatic N) is 2. The molecule has 68 valence electrons. The topological polar surface area (TPSA) is 38.9 Å². The van der Waals surface area contributed by atoms with E-state index in [2.05, 4.69) is 10.1 Å². The Hall–Kier alpha value is -0.870. The third-order valence-electron chi connectivity index (χ3n) is 1.53. The van der Waals surface area contributed by atoms with Crippen molar-refractivity contribution in [3.05, 3.63) is 22.8 Å². The van der Waals surface area contributed by atoms with Crippen LogP contribution in [0.2, 0.25) is 0 Å². The summed E-state index contributed by atoms with van der Waals surface area (Å²) in [5.41, 5.74) is 1.20. The minimum atomic E-state index is 0.286. The van der Waals surface area contributed by atoms with Crippen LogP contribution in [0, 0.1) is 6.92 Å². The number of hydrogen-bond acceptors (Lipinski definition) is 4. The molecule has 0 aromatic carbocycles. The molecule has 2 heterocycles. The Kier molecular flexibility index (Phi) is 2.33. The molecule has 2 aromatic heterocycles. The fourth-order valence-corrected chi connectivity index (χ4v) is 1.88. The molecule has 0 radical (unpaired) electrons.